The number of halogens is 1. The Hall–Kier alpha value is -1.46. The van der Waals surface area contributed by atoms with Crippen LogP contribution in [0.2, 0.25) is 5.02 Å². The maximum Gasteiger partial charge on any atom is 0.171 e. The van der Waals surface area contributed by atoms with Gasteiger partial charge in [0, 0.05) is 30.3 Å². The van der Waals surface area contributed by atoms with Gasteiger partial charge in [-0.1, -0.05) is 16.8 Å². The Labute approximate surface area is 122 Å². The number of fused-ring (bicyclic) bond motifs is 1. The Kier molecular flexibility index (Phi) is 3.48. The fraction of sp³-hybridized carbons (Fsp3) is 0.500. The van der Waals surface area contributed by atoms with E-state index < -0.39 is 0 Å². The molecule has 108 valence electrons. The summed E-state index contributed by atoms with van der Waals surface area (Å²) in [5, 5.41) is 22.1. The van der Waals surface area contributed by atoms with Gasteiger partial charge >= 0.3 is 0 Å². The van der Waals surface area contributed by atoms with Gasteiger partial charge in [0.25, 0.3) is 0 Å². The van der Waals surface area contributed by atoms with E-state index in [0.29, 0.717) is 22.4 Å². The predicted octanol–water partition coefficient (Wildman–Crippen LogP) is 1.64. The van der Waals surface area contributed by atoms with Gasteiger partial charge in [0.1, 0.15) is 0 Å². The molecule has 0 radical (unpaired) electrons. The smallest absolute Gasteiger partial charge is 0.171 e. The van der Waals surface area contributed by atoms with E-state index in [2.05, 4.69) is 10.1 Å². The van der Waals surface area contributed by atoms with Crippen molar-refractivity contribution in [3.63, 3.8) is 0 Å². The summed E-state index contributed by atoms with van der Waals surface area (Å²) < 4.78 is 0. The van der Waals surface area contributed by atoms with Crippen molar-refractivity contribution >= 4 is 23.1 Å². The third-order valence-corrected chi connectivity index (χ3v) is 4.83. The lowest BCUT2D eigenvalue weighted by atomic mass is 10.00. The van der Waals surface area contributed by atoms with Crippen molar-refractivity contribution in [3.05, 3.63) is 28.8 Å². The summed E-state index contributed by atoms with van der Waals surface area (Å²) in [5.74, 6) is 0.959. The highest BCUT2D eigenvalue weighted by atomic mass is 35.5. The Balaban J connectivity index is 1.81. The van der Waals surface area contributed by atoms with Crippen molar-refractivity contribution in [3.8, 4) is 0 Å². The van der Waals surface area contributed by atoms with Gasteiger partial charge in [0.05, 0.1) is 11.1 Å². The quantitative estimate of drug-likeness (QED) is 0.335. The number of rotatable bonds is 2. The molecule has 1 aromatic rings. The van der Waals surface area contributed by atoms with Crippen molar-refractivity contribution in [2.75, 3.05) is 18.0 Å². The van der Waals surface area contributed by atoms with Gasteiger partial charge in [-0.15, -0.1) is 0 Å². The van der Waals surface area contributed by atoms with Crippen LogP contribution in [0.15, 0.2) is 23.4 Å². The number of oxime groups is 1. The standard InChI is InChI=1S/C14H18ClN3O2/c15-12-5-9(2-3-10(12)14(16)17-20)18-6-8-1-4-13(19)11(8)7-18/h2-3,5,8,11,13,19-20H,1,4,6-7H2,(H2,16,17). The second-order valence-corrected chi connectivity index (χ2v) is 6.03. The normalized spacial score (nSPS) is 29.8. The molecule has 5 nitrogen and oxygen atoms in total. The van der Waals surface area contributed by atoms with Gasteiger partial charge in [0.15, 0.2) is 5.84 Å². The Morgan fingerprint density at radius 3 is 2.80 bits per heavy atom. The first-order valence-corrected chi connectivity index (χ1v) is 7.18. The van der Waals surface area contributed by atoms with Gasteiger partial charge < -0.3 is 20.9 Å². The lowest BCUT2D eigenvalue weighted by Crippen LogP contribution is -2.24. The summed E-state index contributed by atoms with van der Waals surface area (Å²) in [6.07, 6.45) is 1.85. The molecule has 1 saturated carbocycles. The number of aliphatic hydroxyl groups is 1. The van der Waals surface area contributed by atoms with Crippen LogP contribution in [0.1, 0.15) is 18.4 Å². The highest BCUT2D eigenvalue weighted by molar-refractivity contribution is 6.34. The van der Waals surface area contributed by atoms with E-state index in [4.69, 9.17) is 22.5 Å². The molecule has 1 heterocycles. The minimum atomic E-state index is -0.170. The average molecular weight is 296 g/mol. The number of hydrogen-bond donors (Lipinski definition) is 3. The Bertz CT molecular complexity index is 549. The fourth-order valence-corrected chi connectivity index (χ4v) is 3.68. The van der Waals surface area contributed by atoms with Crippen molar-refractivity contribution in [1.82, 2.24) is 0 Å². The van der Waals surface area contributed by atoms with Gasteiger partial charge in [-0.2, -0.15) is 0 Å². The molecular formula is C14H18ClN3O2. The number of amidine groups is 1. The molecule has 1 aliphatic carbocycles. The Morgan fingerprint density at radius 1 is 1.35 bits per heavy atom. The van der Waals surface area contributed by atoms with Crippen LogP contribution in [-0.2, 0) is 0 Å². The minimum absolute atomic E-state index is 0.00950. The molecule has 3 atom stereocenters. The summed E-state index contributed by atoms with van der Waals surface area (Å²) in [4.78, 5) is 2.25. The Morgan fingerprint density at radius 2 is 2.15 bits per heavy atom. The molecule has 20 heavy (non-hydrogen) atoms. The van der Waals surface area contributed by atoms with E-state index in [9.17, 15) is 5.11 Å². The van der Waals surface area contributed by atoms with Crippen molar-refractivity contribution in [2.24, 2.45) is 22.7 Å². The van der Waals surface area contributed by atoms with E-state index in [1.807, 2.05) is 12.1 Å². The molecule has 4 N–H and O–H groups in total. The zero-order chi connectivity index (χ0) is 14.3. The van der Waals surface area contributed by atoms with Crippen molar-refractivity contribution in [2.45, 2.75) is 18.9 Å². The van der Waals surface area contributed by atoms with Gasteiger partial charge in [-0.05, 0) is 37.0 Å². The lowest BCUT2D eigenvalue weighted by Gasteiger charge is -2.21. The molecule has 0 spiro atoms. The first-order valence-electron chi connectivity index (χ1n) is 6.80. The topological polar surface area (TPSA) is 82.1 Å². The number of nitrogens with two attached hydrogens (primary N) is 1. The molecule has 2 fully saturated rings. The maximum absolute atomic E-state index is 9.95. The molecule has 0 bridgehead atoms. The second-order valence-electron chi connectivity index (χ2n) is 5.62. The van der Waals surface area contributed by atoms with Crippen LogP contribution in [-0.4, -0.2) is 35.3 Å². The molecule has 3 unspecified atom stereocenters. The molecule has 1 aliphatic heterocycles. The molecule has 1 saturated heterocycles. The maximum atomic E-state index is 9.95. The molecule has 6 heteroatoms. The average Bonchev–Trinajstić information content (AvgIpc) is 3.00. The van der Waals surface area contributed by atoms with Crippen LogP contribution in [0.25, 0.3) is 0 Å². The number of aliphatic hydroxyl groups excluding tert-OH is 1. The largest absolute Gasteiger partial charge is 0.409 e. The van der Waals surface area contributed by atoms with Crippen LogP contribution in [0.4, 0.5) is 5.69 Å². The summed E-state index contributed by atoms with van der Waals surface area (Å²) >= 11 is 6.18. The van der Waals surface area contributed by atoms with Crippen LogP contribution in [0, 0.1) is 11.8 Å². The minimum Gasteiger partial charge on any atom is -0.409 e. The van der Waals surface area contributed by atoms with E-state index in [0.717, 1.165) is 31.6 Å². The molecule has 0 aromatic heterocycles. The molecule has 0 amide bonds. The predicted molar refractivity (Wildman–Crippen MR) is 78.4 cm³/mol. The highest BCUT2D eigenvalue weighted by Crippen LogP contribution is 2.40. The third-order valence-electron chi connectivity index (χ3n) is 4.52. The van der Waals surface area contributed by atoms with Crippen LogP contribution in [0.5, 0.6) is 0 Å². The second kappa shape index (κ2) is 5.14. The van der Waals surface area contributed by atoms with E-state index in [-0.39, 0.29) is 11.9 Å². The van der Waals surface area contributed by atoms with Gasteiger partial charge in [-0.3, -0.25) is 0 Å². The molecular weight excluding hydrogens is 278 g/mol. The first kappa shape index (κ1) is 13.5. The number of nitrogens with zero attached hydrogens (tertiary/aromatic N) is 2. The van der Waals surface area contributed by atoms with Gasteiger partial charge in [0.2, 0.25) is 0 Å². The number of anilines is 1. The zero-order valence-electron chi connectivity index (χ0n) is 11.0. The van der Waals surface area contributed by atoms with Crippen LogP contribution in [0.3, 0.4) is 0 Å². The first-order chi connectivity index (χ1) is 9.60. The zero-order valence-corrected chi connectivity index (χ0v) is 11.8. The third kappa shape index (κ3) is 2.21. The fourth-order valence-electron chi connectivity index (χ4n) is 3.41. The van der Waals surface area contributed by atoms with E-state index in [1.165, 1.54) is 0 Å². The summed E-state index contributed by atoms with van der Waals surface area (Å²) in [6, 6.07) is 5.52. The highest BCUT2D eigenvalue weighted by Gasteiger charge is 2.41. The molecule has 3 rings (SSSR count). The van der Waals surface area contributed by atoms with E-state index in [1.54, 1.807) is 6.07 Å². The number of hydrogen-bond acceptors (Lipinski definition) is 4. The van der Waals surface area contributed by atoms with E-state index >= 15 is 0 Å². The summed E-state index contributed by atoms with van der Waals surface area (Å²) in [5.41, 5.74) is 7.11. The van der Waals surface area contributed by atoms with Gasteiger partial charge in [-0.25, -0.2) is 0 Å². The SMILES string of the molecule is N/C(=N/O)c1ccc(N2CC3CCC(O)C3C2)cc1Cl. The molecule has 2 aliphatic rings. The lowest BCUT2D eigenvalue weighted by molar-refractivity contribution is 0.133. The van der Waals surface area contributed by atoms with Crippen molar-refractivity contribution < 1.29 is 10.3 Å². The van der Waals surface area contributed by atoms with Crippen molar-refractivity contribution in [1.29, 1.82) is 0 Å². The van der Waals surface area contributed by atoms with Crippen LogP contribution < -0.4 is 10.6 Å². The summed E-state index contributed by atoms with van der Waals surface area (Å²) in [6.45, 7) is 1.83. The number of benzene rings is 1. The van der Waals surface area contributed by atoms with Crippen LogP contribution >= 0.6 is 11.6 Å². The summed E-state index contributed by atoms with van der Waals surface area (Å²) in [7, 11) is 0. The molecule has 1 aromatic carbocycles. The monoisotopic (exact) mass is 295 g/mol.